The van der Waals surface area contributed by atoms with Crippen molar-refractivity contribution in [3.63, 3.8) is 0 Å². The highest BCUT2D eigenvalue weighted by Crippen LogP contribution is 2.25. The third kappa shape index (κ3) is 4.03. The van der Waals surface area contributed by atoms with Gasteiger partial charge < -0.3 is 10.6 Å². The number of carbonyl (C=O) groups excluding carboxylic acids is 1. The summed E-state index contributed by atoms with van der Waals surface area (Å²) in [4.78, 5) is 14.3. The fraction of sp³-hybridized carbons (Fsp3) is 0.588. The lowest BCUT2D eigenvalue weighted by atomic mass is 9.86. The van der Waals surface area contributed by atoms with E-state index in [1.165, 1.54) is 12.1 Å². The van der Waals surface area contributed by atoms with Gasteiger partial charge in [0.2, 0.25) is 5.91 Å². The molecule has 3 nitrogen and oxygen atoms in total. The standard InChI is InChI=1S/C17H25FN2O/c1-17(2,3)15(19)16(21)20-9-8-13(11-20)10-12-4-6-14(18)7-5-12/h4-7,13,15H,8-11,19H2,1-3H3/t13-,15+/m0/s1. The molecule has 0 aromatic heterocycles. The molecule has 0 unspecified atom stereocenters. The summed E-state index contributed by atoms with van der Waals surface area (Å²) >= 11 is 0. The Labute approximate surface area is 126 Å². The van der Waals surface area contributed by atoms with E-state index in [0.717, 1.165) is 31.5 Å². The fourth-order valence-corrected chi connectivity index (χ4v) is 2.72. The summed E-state index contributed by atoms with van der Waals surface area (Å²) in [5.41, 5.74) is 6.96. The summed E-state index contributed by atoms with van der Waals surface area (Å²) in [6.45, 7) is 7.49. The minimum absolute atomic E-state index is 0.0455. The Balaban J connectivity index is 1.91. The number of nitrogens with zero attached hydrogens (tertiary/aromatic N) is 1. The van der Waals surface area contributed by atoms with Gasteiger partial charge in [-0.25, -0.2) is 4.39 Å². The van der Waals surface area contributed by atoms with Gasteiger partial charge >= 0.3 is 0 Å². The average molecular weight is 292 g/mol. The van der Waals surface area contributed by atoms with Crippen LogP contribution in [-0.2, 0) is 11.2 Å². The fourth-order valence-electron chi connectivity index (χ4n) is 2.72. The molecule has 1 amide bonds. The van der Waals surface area contributed by atoms with Gasteiger partial charge in [-0.1, -0.05) is 32.9 Å². The summed E-state index contributed by atoms with van der Waals surface area (Å²) < 4.78 is 12.9. The van der Waals surface area contributed by atoms with E-state index >= 15 is 0 Å². The molecule has 1 aromatic rings. The molecule has 0 bridgehead atoms. The minimum atomic E-state index is -0.456. The second-order valence-corrected chi connectivity index (χ2v) is 7.11. The number of halogens is 1. The van der Waals surface area contributed by atoms with E-state index in [9.17, 15) is 9.18 Å². The zero-order valence-electron chi connectivity index (χ0n) is 13.1. The topological polar surface area (TPSA) is 46.3 Å². The molecule has 2 atom stereocenters. The molecule has 116 valence electrons. The number of benzene rings is 1. The Bertz CT molecular complexity index is 493. The van der Waals surface area contributed by atoms with Gasteiger partial charge in [-0.2, -0.15) is 0 Å². The van der Waals surface area contributed by atoms with Gasteiger partial charge in [0.1, 0.15) is 5.82 Å². The van der Waals surface area contributed by atoms with Crippen molar-refractivity contribution in [2.45, 2.75) is 39.7 Å². The second-order valence-electron chi connectivity index (χ2n) is 7.11. The first-order valence-electron chi connectivity index (χ1n) is 7.56. The quantitative estimate of drug-likeness (QED) is 0.931. The van der Waals surface area contributed by atoms with Crippen LogP contribution in [0.3, 0.4) is 0 Å². The Morgan fingerprint density at radius 2 is 2.00 bits per heavy atom. The van der Waals surface area contributed by atoms with Crippen LogP contribution in [0.1, 0.15) is 32.8 Å². The van der Waals surface area contributed by atoms with E-state index in [1.54, 1.807) is 0 Å². The van der Waals surface area contributed by atoms with Crippen LogP contribution in [0.5, 0.6) is 0 Å². The Hall–Kier alpha value is -1.42. The molecule has 0 saturated carbocycles. The molecule has 1 aliphatic heterocycles. The number of rotatable bonds is 3. The van der Waals surface area contributed by atoms with Crippen molar-refractivity contribution in [2.24, 2.45) is 17.1 Å². The molecule has 2 rings (SSSR count). The van der Waals surface area contributed by atoms with Gasteiger partial charge in [0, 0.05) is 13.1 Å². The highest BCUT2D eigenvalue weighted by atomic mass is 19.1. The van der Waals surface area contributed by atoms with E-state index in [2.05, 4.69) is 0 Å². The van der Waals surface area contributed by atoms with E-state index in [1.807, 2.05) is 37.8 Å². The predicted molar refractivity (Wildman–Crippen MR) is 82.2 cm³/mol. The molecule has 1 heterocycles. The van der Waals surface area contributed by atoms with Crippen LogP contribution < -0.4 is 5.73 Å². The Morgan fingerprint density at radius 3 is 2.57 bits per heavy atom. The molecule has 1 fully saturated rings. The van der Waals surface area contributed by atoms with Crippen LogP contribution in [0.4, 0.5) is 4.39 Å². The summed E-state index contributed by atoms with van der Waals surface area (Å²) in [5, 5.41) is 0. The number of nitrogens with two attached hydrogens (primary N) is 1. The number of likely N-dealkylation sites (tertiary alicyclic amines) is 1. The van der Waals surface area contributed by atoms with Gasteiger partial charge in [0.05, 0.1) is 6.04 Å². The zero-order valence-corrected chi connectivity index (χ0v) is 13.1. The van der Waals surface area contributed by atoms with Crippen LogP contribution >= 0.6 is 0 Å². The normalized spacial score (nSPS) is 20.6. The SMILES string of the molecule is CC(C)(C)[C@H](N)C(=O)N1CC[C@@H](Cc2ccc(F)cc2)C1. The summed E-state index contributed by atoms with van der Waals surface area (Å²) in [7, 11) is 0. The number of carbonyl (C=O) groups is 1. The minimum Gasteiger partial charge on any atom is -0.341 e. The number of amides is 1. The van der Waals surface area contributed by atoms with Gasteiger partial charge in [0.15, 0.2) is 0 Å². The molecular formula is C17H25FN2O. The van der Waals surface area contributed by atoms with Crippen molar-refractivity contribution >= 4 is 5.91 Å². The summed E-state index contributed by atoms with van der Waals surface area (Å²) in [5.74, 6) is 0.272. The van der Waals surface area contributed by atoms with Crippen molar-refractivity contribution < 1.29 is 9.18 Å². The predicted octanol–water partition coefficient (Wildman–Crippen LogP) is 2.59. The molecule has 21 heavy (non-hydrogen) atoms. The third-order valence-corrected chi connectivity index (χ3v) is 4.23. The monoisotopic (exact) mass is 292 g/mol. The van der Waals surface area contributed by atoms with E-state index < -0.39 is 6.04 Å². The molecule has 0 spiro atoms. The molecule has 1 aromatic carbocycles. The van der Waals surface area contributed by atoms with Crippen LogP contribution in [0.2, 0.25) is 0 Å². The first-order valence-corrected chi connectivity index (χ1v) is 7.56. The maximum absolute atomic E-state index is 12.9. The van der Waals surface area contributed by atoms with Crippen molar-refractivity contribution in [2.75, 3.05) is 13.1 Å². The largest absolute Gasteiger partial charge is 0.341 e. The molecular weight excluding hydrogens is 267 g/mol. The molecule has 1 aliphatic rings. The smallest absolute Gasteiger partial charge is 0.240 e. The molecule has 2 N–H and O–H groups in total. The van der Waals surface area contributed by atoms with Crippen LogP contribution in [-0.4, -0.2) is 29.9 Å². The van der Waals surface area contributed by atoms with Crippen LogP contribution in [0.15, 0.2) is 24.3 Å². The van der Waals surface area contributed by atoms with Crippen LogP contribution in [0, 0.1) is 17.2 Å². The second kappa shape index (κ2) is 6.14. The molecule has 0 aliphatic carbocycles. The lowest BCUT2D eigenvalue weighted by Gasteiger charge is -2.30. The van der Waals surface area contributed by atoms with E-state index in [-0.39, 0.29) is 17.1 Å². The van der Waals surface area contributed by atoms with Gasteiger partial charge in [-0.05, 0) is 41.9 Å². The van der Waals surface area contributed by atoms with E-state index in [0.29, 0.717) is 5.92 Å². The zero-order chi connectivity index (χ0) is 15.6. The first kappa shape index (κ1) is 16.0. The molecule has 1 saturated heterocycles. The Kier molecular flexibility index (Phi) is 4.67. The van der Waals surface area contributed by atoms with E-state index in [4.69, 9.17) is 5.73 Å². The summed E-state index contributed by atoms with van der Waals surface area (Å²) in [6, 6.07) is 6.16. The number of hydrogen-bond acceptors (Lipinski definition) is 2. The van der Waals surface area contributed by atoms with Gasteiger partial charge in [0.25, 0.3) is 0 Å². The average Bonchev–Trinajstić information content (AvgIpc) is 2.87. The van der Waals surface area contributed by atoms with Crippen LogP contribution in [0.25, 0.3) is 0 Å². The maximum Gasteiger partial charge on any atom is 0.240 e. The first-order chi connectivity index (χ1) is 9.77. The van der Waals surface area contributed by atoms with Gasteiger partial charge in [-0.15, -0.1) is 0 Å². The highest BCUT2D eigenvalue weighted by molar-refractivity contribution is 5.82. The number of hydrogen-bond donors (Lipinski definition) is 1. The van der Waals surface area contributed by atoms with Crippen molar-refractivity contribution in [1.82, 2.24) is 4.90 Å². The Morgan fingerprint density at radius 1 is 1.38 bits per heavy atom. The lowest BCUT2D eigenvalue weighted by molar-refractivity contribution is -0.134. The molecule has 4 heteroatoms. The highest BCUT2D eigenvalue weighted by Gasteiger charge is 2.34. The van der Waals surface area contributed by atoms with Gasteiger partial charge in [-0.3, -0.25) is 4.79 Å². The third-order valence-electron chi connectivity index (χ3n) is 4.23. The lowest BCUT2D eigenvalue weighted by Crippen LogP contribution is -2.49. The van der Waals surface area contributed by atoms with Crippen molar-refractivity contribution in [1.29, 1.82) is 0 Å². The van der Waals surface area contributed by atoms with Crippen molar-refractivity contribution in [3.05, 3.63) is 35.6 Å². The molecule has 0 radical (unpaired) electrons. The maximum atomic E-state index is 12.9. The summed E-state index contributed by atoms with van der Waals surface area (Å²) in [6.07, 6.45) is 1.87. The van der Waals surface area contributed by atoms with Crippen molar-refractivity contribution in [3.8, 4) is 0 Å².